The van der Waals surface area contributed by atoms with E-state index < -0.39 is 30.4 Å². The number of thiophene rings is 1. The fourth-order valence-electron chi connectivity index (χ4n) is 3.59. The Labute approximate surface area is 209 Å². The van der Waals surface area contributed by atoms with Crippen molar-refractivity contribution in [1.29, 1.82) is 0 Å². The van der Waals surface area contributed by atoms with Gasteiger partial charge in [0, 0.05) is 39.4 Å². The fraction of sp³-hybridized carbons (Fsp3) is 0.423. The van der Waals surface area contributed by atoms with E-state index >= 15 is 0 Å². The number of aromatic nitrogens is 1. The molecule has 34 heavy (non-hydrogen) atoms. The number of nitrogens with zero attached hydrogens (tertiary/aromatic N) is 1. The van der Waals surface area contributed by atoms with Crippen molar-refractivity contribution in [2.45, 2.75) is 65.0 Å². The molecule has 1 aliphatic heterocycles. The van der Waals surface area contributed by atoms with Crippen LogP contribution in [0.3, 0.4) is 0 Å². The van der Waals surface area contributed by atoms with Crippen molar-refractivity contribution in [3.05, 3.63) is 75.6 Å². The summed E-state index contributed by atoms with van der Waals surface area (Å²) in [5.41, 5.74) is 2.39. The van der Waals surface area contributed by atoms with Crippen LogP contribution in [0.2, 0.25) is 5.02 Å². The summed E-state index contributed by atoms with van der Waals surface area (Å²) in [6, 6.07) is 12.3. The van der Waals surface area contributed by atoms with Gasteiger partial charge in [-0.3, -0.25) is 0 Å². The summed E-state index contributed by atoms with van der Waals surface area (Å²) >= 11 is 7.97. The summed E-state index contributed by atoms with van der Waals surface area (Å²) in [5.74, 6) is -0.514. The van der Waals surface area contributed by atoms with E-state index in [1.54, 1.807) is 29.5 Å². The number of rotatable bonds is 5. The molecule has 0 saturated carbocycles. The lowest BCUT2D eigenvalue weighted by molar-refractivity contribution is -0.179. The zero-order valence-electron chi connectivity index (χ0n) is 19.9. The van der Waals surface area contributed by atoms with Crippen LogP contribution in [0.25, 0.3) is 10.4 Å². The molecule has 3 N–H and O–H groups in total. The van der Waals surface area contributed by atoms with Gasteiger partial charge in [-0.15, -0.1) is 11.3 Å². The van der Waals surface area contributed by atoms with Crippen molar-refractivity contribution in [3.8, 4) is 10.4 Å². The molecule has 2 aromatic heterocycles. The Balaban J connectivity index is 0.000000970. The van der Waals surface area contributed by atoms with Crippen LogP contribution in [0.5, 0.6) is 0 Å². The van der Waals surface area contributed by atoms with E-state index in [1.807, 2.05) is 45.9 Å². The third kappa shape index (κ3) is 7.07. The van der Waals surface area contributed by atoms with Crippen LogP contribution in [0, 0.1) is 5.95 Å². The second kappa shape index (κ2) is 13.9. The van der Waals surface area contributed by atoms with Gasteiger partial charge in [-0.25, -0.2) is 4.98 Å². The highest BCUT2D eigenvalue weighted by Gasteiger charge is 2.37. The van der Waals surface area contributed by atoms with Crippen molar-refractivity contribution < 1.29 is 24.4 Å². The Morgan fingerprint density at radius 1 is 1.09 bits per heavy atom. The molecule has 1 aliphatic rings. The van der Waals surface area contributed by atoms with Crippen molar-refractivity contribution in [1.82, 2.24) is 4.98 Å². The maximum atomic E-state index is 13.0. The lowest BCUT2D eigenvalue weighted by Gasteiger charge is -2.37. The average Bonchev–Trinajstić information content (AvgIpc) is 3.33. The Bertz CT molecular complexity index is 1010. The maximum absolute atomic E-state index is 13.0. The molecule has 3 aromatic rings. The monoisotopic (exact) mass is 509 g/mol. The van der Waals surface area contributed by atoms with Gasteiger partial charge in [0.15, 0.2) is 0 Å². The molecule has 4 rings (SSSR count). The number of halogens is 2. The number of hydrogen-bond acceptors (Lipinski definition) is 6. The van der Waals surface area contributed by atoms with Gasteiger partial charge in [-0.1, -0.05) is 51.4 Å². The Morgan fingerprint density at radius 2 is 1.82 bits per heavy atom. The number of pyridine rings is 1. The third-order valence-corrected chi connectivity index (χ3v) is 6.69. The van der Waals surface area contributed by atoms with Gasteiger partial charge in [0.2, 0.25) is 5.95 Å². The molecule has 186 valence electrons. The Hall–Kier alpha value is -1.87. The van der Waals surface area contributed by atoms with Gasteiger partial charge in [-0.2, -0.15) is 4.39 Å². The van der Waals surface area contributed by atoms with Crippen LogP contribution in [-0.2, 0) is 11.2 Å². The van der Waals surface area contributed by atoms with E-state index in [-0.39, 0.29) is 13.0 Å². The van der Waals surface area contributed by atoms with Gasteiger partial charge in [0.05, 0.1) is 18.8 Å². The summed E-state index contributed by atoms with van der Waals surface area (Å²) in [5, 5.41) is 30.5. The zero-order chi connectivity index (χ0) is 25.3. The quantitative estimate of drug-likeness (QED) is 0.379. The number of aliphatic hydroxyl groups is 3. The molecule has 0 unspecified atom stereocenters. The Kier molecular flexibility index (Phi) is 11.6. The lowest BCUT2D eigenvalue weighted by atomic mass is 9.92. The lowest BCUT2D eigenvalue weighted by Crippen LogP contribution is -2.44. The summed E-state index contributed by atoms with van der Waals surface area (Å²) in [7, 11) is 0. The molecule has 1 aromatic carbocycles. The van der Waals surface area contributed by atoms with Gasteiger partial charge in [0.1, 0.15) is 12.2 Å². The van der Waals surface area contributed by atoms with Gasteiger partial charge >= 0.3 is 0 Å². The largest absolute Gasteiger partial charge is 0.394 e. The molecule has 0 spiro atoms. The predicted molar refractivity (Wildman–Crippen MR) is 136 cm³/mol. The van der Waals surface area contributed by atoms with Crippen LogP contribution in [0.15, 0.2) is 48.7 Å². The highest BCUT2D eigenvalue weighted by Crippen LogP contribution is 2.35. The van der Waals surface area contributed by atoms with E-state index in [2.05, 4.69) is 4.98 Å². The van der Waals surface area contributed by atoms with Gasteiger partial charge < -0.3 is 20.1 Å². The van der Waals surface area contributed by atoms with Crippen LogP contribution < -0.4 is 0 Å². The molecule has 0 amide bonds. The second-order valence-corrected chi connectivity index (χ2v) is 8.89. The van der Waals surface area contributed by atoms with Crippen molar-refractivity contribution in [2.75, 3.05) is 6.61 Å². The predicted octanol–water partition coefficient (Wildman–Crippen LogP) is 5.79. The molecule has 0 bridgehead atoms. The van der Waals surface area contributed by atoms with E-state index in [4.69, 9.17) is 16.3 Å². The molecule has 1 saturated heterocycles. The van der Waals surface area contributed by atoms with Crippen LogP contribution in [0.1, 0.15) is 56.2 Å². The molecule has 0 radical (unpaired) electrons. The van der Waals surface area contributed by atoms with Gasteiger partial charge in [0.25, 0.3) is 0 Å². The fourth-order valence-corrected chi connectivity index (χ4v) is 4.80. The molecule has 4 atom stereocenters. The number of aliphatic hydroxyl groups excluding tert-OH is 3. The van der Waals surface area contributed by atoms with Crippen LogP contribution in [0.4, 0.5) is 4.39 Å². The standard InChI is InChI=1S/C22H21ClFNO4S.2C2H6/c23-17-4-1-12(22-21(28)18(27)9-15(11-26)29-22)7-14(17)8-16-3-5-19(30-16)13-2-6-20(24)25-10-13;2*1-2/h1-7,10,15,18,21-22,26-28H,8-9,11H2;2*1-2H3/t15-,18-,21+,22-;;/m0../s1. The maximum Gasteiger partial charge on any atom is 0.212 e. The van der Waals surface area contributed by atoms with Crippen molar-refractivity contribution in [2.24, 2.45) is 0 Å². The molecular formula is C26H33ClFNO4S. The number of benzene rings is 1. The van der Waals surface area contributed by atoms with Gasteiger partial charge in [-0.05, 0) is 41.5 Å². The van der Waals surface area contributed by atoms with Crippen LogP contribution in [-0.4, -0.2) is 45.2 Å². The first-order valence-corrected chi connectivity index (χ1v) is 12.8. The molecule has 5 nitrogen and oxygen atoms in total. The summed E-state index contributed by atoms with van der Waals surface area (Å²) < 4.78 is 18.8. The van der Waals surface area contributed by atoms with E-state index in [1.165, 1.54) is 12.3 Å². The van der Waals surface area contributed by atoms with E-state index in [0.717, 1.165) is 20.9 Å². The van der Waals surface area contributed by atoms with Crippen molar-refractivity contribution in [3.63, 3.8) is 0 Å². The minimum absolute atomic E-state index is 0.185. The number of ether oxygens (including phenoxy) is 1. The molecule has 8 heteroatoms. The topological polar surface area (TPSA) is 82.8 Å². The second-order valence-electron chi connectivity index (χ2n) is 7.32. The Morgan fingerprint density at radius 3 is 2.47 bits per heavy atom. The third-order valence-electron chi connectivity index (χ3n) is 5.19. The smallest absolute Gasteiger partial charge is 0.212 e. The first-order valence-electron chi connectivity index (χ1n) is 11.6. The zero-order valence-corrected chi connectivity index (χ0v) is 21.5. The summed E-state index contributed by atoms with van der Waals surface area (Å²) in [6.07, 6.45) is -1.07. The van der Waals surface area contributed by atoms with Crippen LogP contribution >= 0.6 is 22.9 Å². The average molecular weight is 510 g/mol. The first kappa shape index (κ1) is 28.4. The van der Waals surface area contributed by atoms with Crippen molar-refractivity contribution >= 4 is 22.9 Å². The summed E-state index contributed by atoms with van der Waals surface area (Å²) in [4.78, 5) is 5.73. The highest BCUT2D eigenvalue weighted by atomic mass is 35.5. The highest BCUT2D eigenvalue weighted by molar-refractivity contribution is 7.15. The minimum Gasteiger partial charge on any atom is -0.394 e. The number of hydrogen-bond donors (Lipinski definition) is 3. The SMILES string of the molecule is CC.CC.OC[C@@H]1C[C@H](O)[C@@H](O)[C@H](c2ccc(Cl)c(Cc3ccc(-c4ccc(F)nc4)s3)c2)O1. The first-order chi connectivity index (χ1) is 16.4. The molecule has 3 heterocycles. The summed E-state index contributed by atoms with van der Waals surface area (Å²) in [6.45, 7) is 7.77. The minimum atomic E-state index is -1.08. The molecule has 0 aliphatic carbocycles. The molecular weight excluding hydrogens is 477 g/mol. The molecule has 1 fully saturated rings. The van der Waals surface area contributed by atoms with E-state index in [0.29, 0.717) is 17.0 Å². The van der Waals surface area contributed by atoms with E-state index in [9.17, 15) is 19.7 Å². The normalized spacial score (nSPS) is 21.7.